The fourth-order valence-corrected chi connectivity index (χ4v) is 4.91. The van der Waals surface area contributed by atoms with Crippen LogP contribution in [-0.2, 0) is 21.3 Å². The van der Waals surface area contributed by atoms with E-state index in [1.807, 2.05) is 18.2 Å². The second kappa shape index (κ2) is 11.4. The molecule has 3 aromatic rings. The van der Waals surface area contributed by atoms with Gasteiger partial charge in [-0.1, -0.05) is 12.1 Å². The second-order valence-corrected chi connectivity index (χ2v) is 9.92. The van der Waals surface area contributed by atoms with Crippen molar-refractivity contribution in [1.82, 2.24) is 4.90 Å². The summed E-state index contributed by atoms with van der Waals surface area (Å²) in [6, 6.07) is 18.3. The Balaban J connectivity index is 1.42. The van der Waals surface area contributed by atoms with Gasteiger partial charge in [-0.2, -0.15) is 0 Å². The monoisotopic (exact) mass is 511 g/mol. The maximum atomic E-state index is 12.9. The first-order valence-corrected chi connectivity index (χ1v) is 12.9. The molecule has 0 atom stereocenters. The van der Waals surface area contributed by atoms with E-state index in [0.717, 1.165) is 25.2 Å². The van der Waals surface area contributed by atoms with Crippen molar-refractivity contribution in [3.63, 3.8) is 0 Å². The molecule has 1 aliphatic rings. The fourth-order valence-electron chi connectivity index (χ4n) is 3.85. The Kier molecular flexibility index (Phi) is 8.09. The average molecular weight is 512 g/mol. The summed E-state index contributed by atoms with van der Waals surface area (Å²) in [6.07, 6.45) is 0. The highest BCUT2D eigenvalue weighted by Crippen LogP contribution is 2.31. The molecule has 10 heteroatoms. The molecule has 9 nitrogen and oxygen atoms in total. The molecule has 1 heterocycles. The summed E-state index contributed by atoms with van der Waals surface area (Å²) in [5.41, 5.74) is 2.32. The van der Waals surface area contributed by atoms with Gasteiger partial charge in [0.15, 0.2) is 0 Å². The van der Waals surface area contributed by atoms with Gasteiger partial charge in [-0.05, 0) is 54.1 Å². The van der Waals surface area contributed by atoms with Gasteiger partial charge in [-0.3, -0.25) is 14.4 Å². The van der Waals surface area contributed by atoms with E-state index in [-0.39, 0.29) is 16.5 Å². The molecule has 1 saturated heterocycles. The summed E-state index contributed by atoms with van der Waals surface area (Å²) >= 11 is 0. The number of rotatable bonds is 9. The van der Waals surface area contributed by atoms with Crippen molar-refractivity contribution >= 4 is 27.3 Å². The fraction of sp³-hybridized carbons (Fsp3) is 0.269. The van der Waals surface area contributed by atoms with Crippen LogP contribution in [0.2, 0.25) is 0 Å². The molecule has 0 spiro atoms. The van der Waals surface area contributed by atoms with Crippen molar-refractivity contribution in [2.75, 3.05) is 50.6 Å². The third-order valence-corrected chi connectivity index (χ3v) is 7.15. The van der Waals surface area contributed by atoms with E-state index in [2.05, 4.69) is 14.9 Å². The van der Waals surface area contributed by atoms with E-state index in [9.17, 15) is 13.2 Å². The number of ether oxygens (including phenoxy) is 3. The SMILES string of the molecule is COc1ccc(OC)c(NS(=O)(=O)c2ccc(NC(=O)c3cccc(CN4CCOCC4)c3)cc2)c1. The normalized spacial score (nSPS) is 14.2. The van der Waals surface area contributed by atoms with Crippen molar-refractivity contribution in [2.24, 2.45) is 0 Å². The van der Waals surface area contributed by atoms with Gasteiger partial charge in [0.25, 0.3) is 15.9 Å². The largest absolute Gasteiger partial charge is 0.497 e. The Bertz CT molecular complexity index is 1310. The standard InChI is InChI=1S/C26H29N3O6S/c1-33-22-8-11-25(34-2)24(17-22)28-36(31,32)23-9-6-21(7-10-23)27-26(30)20-5-3-4-19(16-20)18-29-12-14-35-15-13-29/h3-11,16-17,28H,12-15,18H2,1-2H3,(H,27,30). The van der Waals surface area contributed by atoms with E-state index >= 15 is 0 Å². The van der Waals surface area contributed by atoms with Gasteiger partial charge >= 0.3 is 0 Å². The highest BCUT2D eigenvalue weighted by Gasteiger charge is 2.18. The van der Waals surface area contributed by atoms with Gasteiger partial charge in [0.2, 0.25) is 0 Å². The molecular formula is C26H29N3O6S. The van der Waals surface area contributed by atoms with Gasteiger partial charge in [0.1, 0.15) is 11.5 Å². The summed E-state index contributed by atoms with van der Waals surface area (Å²) in [7, 11) is -0.953. The summed E-state index contributed by atoms with van der Waals surface area (Å²) in [5.74, 6) is 0.577. The van der Waals surface area contributed by atoms with E-state index < -0.39 is 10.0 Å². The molecule has 4 rings (SSSR count). The van der Waals surface area contributed by atoms with Crippen molar-refractivity contribution in [3.8, 4) is 11.5 Å². The number of hydrogen-bond acceptors (Lipinski definition) is 7. The minimum atomic E-state index is -3.90. The highest BCUT2D eigenvalue weighted by atomic mass is 32.2. The van der Waals surface area contributed by atoms with Crippen molar-refractivity contribution in [3.05, 3.63) is 77.9 Å². The number of nitrogens with zero attached hydrogens (tertiary/aromatic N) is 1. The van der Waals surface area contributed by atoms with Gasteiger partial charge in [0.05, 0.1) is 38.0 Å². The zero-order chi connectivity index (χ0) is 25.5. The Hall–Kier alpha value is -3.60. The van der Waals surface area contributed by atoms with Crippen LogP contribution in [0.15, 0.2) is 71.6 Å². The summed E-state index contributed by atoms with van der Waals surface area (Å²) in [4.78, 5) is 15.1. The molecule has 36 heavy (non-hydrogen) atoms. The quantitative estimate of drug-likeness (QED) is 0.452. The number of nitrogens with one attached hydrogen (secondary N) is 2. The van der Waals surface area contributed by atoms with Crippen LogP contribution < -0.4 is 19.5 Å². The van der Waals surface area contributed by atoms with E-state index in [0.29, 0.717) is 36.0 Å². The topological polar surface area (TPSA) is 106 Å². The minimum Gasteiger partial charge on any atom is -0.497 e. The van der Waals surface area contributed by atoms with Crippen LogP contribution in [0.5, 0.6) is 11.5 Å². The maximum Gasteiger partial charge on any atom is 0.262 e. The van der Waals surface area contributed by atoms with Crippen LogP contribution in [0.3, 0.4) is 0 Å². The van der Waals surface area contributed by atoms with E-state index in [4.69, 9.17) is 14.2 Å². The molecule has 3 aromatic carbocycles. The van der Waals surface area contributed by atoms with Crippen LogP contribution >= 0.6 is 0 Å². The average Bonchev–Trinajstić information content (AvgIpc) is 2.89. The first kappa shape index (κ1) is 25.5. The Morgan fingerprint density at radius 2 is 1.72 bits per heavy atom. The number of morpholine rings is 1. The van der Waals surface area contributed by atoms with E-state index in [1.165, 1.54) is 32.4 Å². The molecular weight excluding hydrogens is 482 g/mol. The molecule has 1 aliphatic heterocycles. The number of sulfonamides is 1. The predicted octanol–water partition coefficient (Wildman–Crippen LogP) is 3.59. The molecule has 0 unspecified atom stereocenters. The number of benzene rings is 3. The lowest BCUT2D eigenvalue weighted by Gasteiger charge is -2.26. The lowest BCUT2D eigenvalue weighted by Crippen LogP contribution is -2.35. The number of anilines is 2. The molecule has 0 aromatic heterocycles. The third-order valence-electron chi connectivity index (χ3n) is 5.77. The number of carbonyl (C=O) groups is 1. The number of carbonyl (C=O) groups excluding carboxylic acids is 1. The molecule has 190 valence electrons. The van der Waals surface area contributed by atoms with Gasteiger partial charge in [-0.25, -0.2) is 8.42 Å². The number of hydrogen-bond donors (Lipinski definition) is 2. The molecule has 0 bridgehead atoms. The maximum absolute atomic E-state index is 12.9. The Labute approximate surface area is 211 Å². The second-order valence-electron chi connectivity index (χ2n) is 8.24. The first-order chi connectivity index (χ1) is 17.4. The third kappa shape index (κ3) is 6.34. The number of methoxy groups -OCH3 is 2. The lowest BCUT2D eigenvalue weighted by molar-refractivity contribution is 0.0342. The van der Waals surface area contributed by atoms with Crippen LogP contribution in [0.25, 0.3) is 0 Å². The van der Waals surface area contributed by atoms with Crippen molar-refractivity contribution < 1.29 is 27.4 Å². The van der Waals surface area contributed by atoms with Crippen molar-refractivity contribution in [1.29, 1.82) is 0 Å². The number of amides is 1. The van der Waals surface area contributed by atoms with E-state index in [1.54, 1.807) is 30.3 Å². The molecule has 0 aliphatic carbocycles. The Morgan fingerprint density at radius 3 is 2.42 bits per heavy atom. The summed E-state index contributed by atoms with van der Waals surface area (Å²) in [6.45, 7) is 3.92. The van der Waals surface area contributed by atoms with Crippen LogP contribution in [0.4, 0.5) is 11.4 Å². The van der Waals surface area contributed by atoms with Gasteiger partial charge < -0.3 is 19.5 Å². The van der Waals surface area contributed by atoms with Crippen LogP contribution in [0.1, 0.15) is 15.9 Å². The lowest BCUT2D eigenvalue weighted by atomic mass is 10.1. The van der Waals surface area contributed by atoms with Gasteiger partial charge in [-0.15, -0.1) is 0 Å². The zero-order valence-corrected chi connectivity index (χ0v) is 21.0. The molecule has 0 radical (unpaired) electrons. The smallest absolute Gasteiger partial charge is 0.262 e. The van der Waals surface area contributed by atoms with Crippen LogP contribution in [0, 0.1) is 0 Å². The molecule has 1 amide bonds. The summed E-state index contributed by atoms with van der Waals surface area (Å²) < 4.78 is 44.2. The highest BCUT2D eigenvalue weighted by molar-refractivity contribution is 7.92. The molecule has 1 fully saturated rings. The van der Waals surface area contributed by atoms with Crippen LogP contribution in [-0.4, -0.2) is 59.7 Å². The predicted molar refractivity (Wildman–Crippen MR) is 137 cm³/mol. The zero-order valence-electron chi connectivity index (χ0n) is 20.2. The molecule has 2 N–H and O–H groups in total. The van der Waals surface area contributed by atoms with Crippen molar-refractivity contribution in [2.45, 2.75) is 11.4 Å². The Morgan fingerprint density at radius 1 is 0.972 bits per heavy atom. The minimum absolute atomic E-state index is 0.0397. The summed E-state index contributed by atoms with van der Waals surface area (Å²) in [5, 5.41) is 2.83. The van der Waals surface area contributed by atoms with Gasteiger partial charge in [0, 0.05) is 37.0 Å². The molecule has 0 saturated carbocycles. The first-order valence-electron chi connectivity index (χ1n) is 11.4.